The summed E-state index contributed by atoms with van der Waals surface area (Å²) in [4.78, 5) is 11.6. The molecule has 0 aliphatic rings. The summed E-state index contributed by atoms with van der Waals surface area (Å²) in [6.45, 7) is 1.96. The first-order valence-corrected chi connectivity index (χ1v) is 10.6. The molecular formula is C24H40O3. The zero-order valence-electron chi connectivity index (χ0n) is 17.2. The van der Waals surface area contributed by atoms with Crippen molar-refractivity contribution in [2.45, 2.75) is 90.1 Å². The number of aliphatic hydroxyl groups excluding tert-OH is 2. The minimum absolute atomic E-state index is 0.165. The van der Waals surface area contributed by atoms with Crippen LogP contribution in [0, 0.1) is 0 Å². The molecule has 2 N–H and O–H groups in total. The van der Waals surface area contributed by atoms with Gasteiger partial charge in [0, 0.05) is 12.8 Å². The van der Waals surface area contributed by atoms with E-state index in [-0.39, 0.29) is 12.4 Å². The third-order valence-corrected chi connectivity index (χ3v) is 4.25. The number of aliphatic hydroxyl groups is 2. The van der Waals surface area contributed by atoms with Crippen LogP contribution in [0.3, 0.4) is 0 Å². The first kappa shape index (κ1) is 25.6. The maximum Gasteiger partial charge on any atom is 0.133 e. The molecule has 0 aromatic heterocycles. The zero-order chi connectivity index (χ0) is 20.0. The van der Waals surface area contributed by atoms with Gasteiger partial charge in [-0.2, -0.15) is 0 Å². The maximum atomic E-state index is 11.6. The van der Waals surface area contributed by atoms with Crippen LogP contribution in [-0.4, -0.2) is 28.7 Å². The van der Waals surface area contributed by atoms with Crippen molar-refractivity contribution in [1.29, 1.82) is 0 Å². The lowest BCUT2D eigenvalue weighted by Crippen LogP contribution is -2.13. The fraction of sp³-hybridized carbons (Fsp3) is 0.625. The monoisotopic (exact) mass is 376 g/mol. The van der Waals surface area contributed by atoms with Gasteiger partial charge in [0.2, 0.25) is 0 Å². The van der Waals surface area contributed by atoms with E-state index in [1.54, 1.807) is 0 Å². The highest BCUT2D eigenvalue weighted by molar-refractivity contribution is 5.78. The number of allylic oxidation sites excluding steroid dienone is 8. The fourth-order valence-electron chi connectivity index (χ4n) is 2.52. The van der Waals surface area contributed by atoms with E-state index in [2.05, 4.69) is 55.5 Å². The molecule has 0 aliphatic carbocycles. The largest absolute Gasteiger partial charge is 0.394 e. The van der Waals surface area contributed by atoms with Crippen LogP contribution in [0.25, 0.3) is 0 Å². The predicted octanol–water partition coefficient (Wildman–Crippen LogP) is 5.83. The topological polar surface area (TPSA) is 57.5 Å². The van der Waals surface area contributed by atoms with E-state index < -0.39 is 6.10 Å². The molecule has 27 heavy (non-hydrogen) atoms. The molecule has 0 bridgehead atoms. The van der Waals surface area contributed by atoms with Gasteiger partial charge >= 0.3 is 0 Å². The lowest BCUT2D eigenvalue weighted by atomic mass is 10.1. The summed E-state index contributed by atoms with van der Waals surface area (Å²) in [7, 11) is 0. The Bertz CT molecular complexity index is 447. The molecule has 0 rings (SSSR count). The minimum atomic E-state index is -0.762. The van der Waals surface area contributed by atoms with Crippen LogP contribution < -0.4 is 0 Å². The molecule has 0 aromatic carbocycles. The molecule has 0 radical (unpaired) electrons. The van der Waals surface area contributed by atoms with Crippen molar-refractivity contribution in [3.05, 3.63) is 48.6 Å². The maximum absolute atomic E-state index is 11.6. The predicted molar refractivity (Wildman–Crippen MR) is 116 cm³/mol. The Labute approximate surface area is 166 Å². The van der Waals surface area contributed by atoms with Crippen LogP contribution in [-0.2, 0) is 4.79 Å². The Morgan fingerprint density at radius 2 is 1.30 bits per heavy atom. The minimum Gasteiger partial charge on any atom is -0.394 e. The highest BCUT2D eigenvalue weighted by Crippen LogP contribution is 2.05. The summed E-state index contributed by atoms with van der Waals surface area (Å²) in [5, 5.41) is 17.9. The Morgan fingerprint density at radius 3 is 1.81 bits per heavy atom. The molecule has 0 aromatic rings. The van der Waals surface area contributed by atoms with E-state index in [4.69, 9.17) is 5.11 Å². The molecule has 3 heteroatoms. The Kier molecular flexibility index (Phi) is 19.7. The van der Waals surface area contributed by atoms with E-state index in [0.717, 1.165) is 32.1 Å². The standard InChI is InChI=1S/C24H40O3/c1-2-3-4-5-6-7-8-9-10-11-12-13-14-15-16-17-18-19-23(26)20-21-24(27)22-25/h6-7,9-10,12-13,15-16,24-25,27H,2-5,8,11,14,17-22H2,1H3/b7-6-,10-9-,13-12-,16-15-/t24-/m1/s1. The number of Topliss-reactive ketones (excluding diaryl/α,β-unsaturated/α-hetero) is 1. The Balaban J connectivity index is 3.49. The first-order valence-electron chi connectivity index (χ1n) is 10.6. The second-order valence-corrected chi connectivity index (χ2v) is 6.89. The van der Waals surface area contributed by atoms with Gasteiger partial charge in [0.05, 0.1) is 12.7 Å². The molecule has 0 spiro atoms. The van der Waals surface area contributed by atoms with Crippen LogP contribution in [0.2, 0.25) is 0 Å². The third-order valence-electron chi connectivity index (χ3n) is 4.25. The number of unbranched alkanes of at least 4 members (excludes halogenated alkanes) is 4. The lowest BCUT2D eigenvalue weighted by Gasteiger charge is -2.05. The van der Waals surface area contributed by atoms with Gasteiger partial charge in [-0.15, -0.1) is 0 Å². The Hall–Kier alpha value is -1.45. The van der Waals surface area contributed by atoms with Crippen molar-refractivity contribution < 1.29 is 15.0 Å². The van der Waals surface area contributed by atoms with Crippen molar-refractivity contribution in [3.8, 4) is 0 Å². The average Bonchev–Trinajstić information content (AvgIpc) is 2.68. The summed E-state index contributed by atoms with van der Waals surface area (Å²) < 4.78 is 0. The molecule has 0 saturated heterocycles. The van der Waals surface area contributed by atoms with Crippen molar-refractivity contribution in [1.82, 2.24) is 0 Å². The SMILES string of the molecule is CCCCC/C=C\C/C=C\C/C=C\C/C=C\CCCC(=O)CC[C@@H](O)CO. The molecule has 0 unspecified atom stereocenters. The smallest absolute Gasteiger partial charge is 0.133 e. The number of carbonyl (C=O) groups is 1. The summed E-state index contributed by atoms with van der Waals surface area (Å²) in [5.41, 5.74) is 0. The summed E-state index contributed by atoms with van der Waals surface area (Å²) in [6, 6.07) is 0. The molecular weight excluding hydrogens is 336 g/mol. The fourth-order valence-corrected chi connectivity index (χ4v) is 2.52. The van der Waals surface area contributed by atoms with Crippen molar-refractivity contribution in [2.24, 2.45) is 0 Å². The zero-order valence-corrected chi connectivity index (χ0v) is 17.2. The van der Waals surface area contributed by atoms with Crippen LogP contribution in [0.4, 0.5) is 0 Å². The van der Waals surface area contributed by atoms with Crippen LogP contribution >= 0.6 is 0 Å². The van der Waals surface area contributed by atoms with Crippen molar-refractivity contribution in [2.75, 3.05) is 6.61 Å². The van der Waals surface area contributed by atoms with Gasteiger partial charge in [-0.25, -0.2) is 0 Å². The number of hydrogen-bond acceptors (Lipinski definition) is 3. The molecule has 0 fully saturated rings. The van der Waals surface area contributed by atoms with Gasteiger partial charge < -0.3 is 10.2 Å². The van der Waals surface area contributed by atoms with Gasteiger partial charge in [-0.3, -0.25) is 4.79 Å². The molecule has 0 heterocycles. The molecule has 1 atom stereocenters. The number of ketones is 1. The molecule has 0 aliphatic heterocycles. The third kappa shape index (κ3) is 20.7. The number of rotatable bonds is 18. The van der Waals surface area contributed by atoms with Crippen molar-refractivity contribution in [3.63, 3.8) is 0 Å². The highest BCUT2D eigenvalue weighted by Gasteiger charge is 2.06. The van der Waals surface area contributed by atoms with Gasteiger partial charge in [-0.1, -0.05) is 68.4 Å². The number of hydrogen-bond donors (Lipinski definition) is 2. The van der Waals surface area contributed by atoms with Gasteiger partial charge in [0.25, 0.3) is 0 Å². The van der Waals surface area contributed by atoms with Gasteiger partial charge in [0.1, 0.15) is 5.78 Å². The van der Waals surface area contributed by atoms with Crippen molar-refractivity contribution >= 4 is 5.78 Å². The van der Waals surface area contributed by atoms with Crippen LogP contribution in [0.5, 0.6) is 0 Å². The van der Waals surface area contributed by atoms with E-state index in [1.165, 1.54) is 25.7 Å². The average molecular weight is 377 g/mol. The second kappa shape index (κ2) is 20.9. The molecule has 0 amide bonds. The second-order valence-electron chi connectivity index (χ2n) is 6.89. The first-order chi connectivity index (χ1) is 13.2. The van der Waals surface area contributed by atoms with Crippen LogP contribution in [0.15, 0.2) is 48.6 Å². The summed E-state index contributed by atoms with van der Waals surface area (Å²) in [5.74, 6) is 0.165. The van der Waals surface area contributed by atoms with Crippen LogP contribution in [0.1, 0.15) is 84.0 Å². The normalized spacial score (nSPS) is 13.6. The number of carbonyl (C=O) groups excluding carboxylic acids is 1. The molecule has 3 nitrogen and oxygen atoms in total. The van der Waals surface area contributed by atoms with Gasteiger partial charge in [0.15, 0.2) is 0 Å². The van der Waals surface area contributed by atoms with E-state index >= 15 is 0 Å². The van der Waals surface area contributed by atoms with Gasteiger partial charge in [-0.05, 0) is 51.4 Å². The quantitative estimate of drug-likeness (QED) is 0.233. The Morgan fingerprint density at radius 1 is 0.778 bits per heavy atom. The lowest BCUT2D eigenvalue weighted by molar-refractivity contribution is -0.119. The van der Waals surface area contributed by atoms with E-state index in [0.29, 0.717) is 19.3 Å². The van der Waals surface area contributed by atoms with E-state index in [1.807, 2.05) is 0 Å². The molecule has 0 saturated carbocycles. The highest BCUT2D eigenvalue weighted by atomic mass is 16.3. The summed E-state index contributed by atoms with van der Waals surface area (Å²) in [6.07, 6.45) is 27.9. The van der Waals surface area contributed by atoms with E-state index in [9.17, 15) is 9.90 Å². The summed E-state index contributed by atoms with van der Waals surface area (Å²) >= 11 is 0. The molecule has 154 valence electrons.